The quantitative estimate of drug-likeness (QED) is 0.830. The first-order chi connectivity index (χ1) is 10.5. The number of carbonyl (C=O) groups excluding carboxylic acids is 1. The molecule has 1 aromatic heterocycles. The lowest BCUT2D eigenvalue weighted by Gasteiger charge is -2.23. The molecule has 3 rings (SSSR count). The van der Waals surface area contributed by atoms with Crippen molar-refractivity contribution in [2.45, 2.75) is 56.7 Å². The van der Waals surface area contributed by atoms with Gasteiger partial charge < -0.3 is 9.42 Å². The summed E-state index contributed by atoms with van der Waals surface area (Å²) < 4.78 is 29.7. The number of hydrogen-bond donors (Lipinski definition) is 0. The summed E-state index contributed by atoms with van der Waals surface area (Å²) in [6.07, 6.45) is 4.81. The van der Waals surface area contributed by atoms with Crippen LogP contribution < -0.4 is 0 Å². The van der Waals surface area contributed by atoms with Gasteiger partial charge in [0.1, 0.15) is 5.75 Å². The fourth-order valence-electron chi connectivity index (χ4n) is 3.40. The Balaban J connectivity index is 1.71. The minimum atomic E-state index is -3.35. The number of carbonyl (C=O) groups is 1. The summed E-state index contributed by atoms with van der Waals surface area (Å²) in [5.41, 5.74) is 0. The third kappa shape index (κ3) is 3.02. The Labute approximate surface area is 130 Å². The van der Waals surface area contributed by atoms with E-state index in [0.29, 0.717) is 31.1 Å². The van der Waals surface area contributed by atoms with E-state index >= 15 is 0 Å². The van der Waals surface area contributed by atoms with Gasteiger partial charge in [-0.25, -0.2) is 8.42 Å². The van der Waals surface area contributed by atoms with Crippen molar-refractivity contribution in [3.63, 3.8) is 0 Å². The number of nitrogens with zero attached hydrogens (tertiary/aromatic N) is 3. The Morgan fingerprint density at radius 3 is 2.64 bits per heavy atom. The highest BCUT2D eigenvalue weighted by molar-refractivity contribution is 7.92. The summed E-state index contributed by atoms with van der Waals surface area (Å²) in [6.45, 7) is 2.25. The summed E-state index contributed by atoms with van der Waals surface area (Å²) in [5.74, 6) is 0.191. The van der Waals surface area contributed by atoms with E-state index in [1.807, 2.05) is 0 Å². The van der Waals surface area contributed by atoms with Gasteiger partial charge in [0.15, 0.2) is 15.7 Å². The van der Waals surface area contributed by atoms with E-state index in [0.717, 1.165) is 25.7 Å². The van der Waals surface area contributed by atoms with Gasteiger partial charge in [-0.1, -0.05) is 18.0 Å². The van der Waals surface area contributed by atoms with Crippen LogP contribution in [0.2, 0.25) is 0 Å². The minimum Gasteiger partial charge on any atom is -0.340 e. The van der Waals surface area contributed by atoms with Gasteiger partial charge >= 0.3 is 0 Å². The highest BCUT2D eigenvalue weighted by Gasteiger charge is 2.37. The molecule has 0 N–H and O–H groups in total. The molecule has 2 heterocycles. The number of likely N-dealkylation sites (tertiary alicyclic amines) is 1. The highest BCUT2D eigenvalue weighted by Crippen LogP contribution is 2.31. The zero-order valence-electron chi connectivity index (χ0n) is 12.7. The molecule has 0 spiro atoms. The van der Waals surface area contributed by atoms with E-state index < -0.39 is 15.6 Å². The van der Waals surface area contributed by atoms with Gasteiger partial charge in [0.2, 0.25) is 11.8 Å². The lowest BCUT2D eigenvalue weighted by Crippen LogP contribution is -2.38. The molecule has 8 heteroatoms. The van der Waals surface area contributed by atoms with Crippen LogP contribution in [0.5, 0.6) is 0 Å². The SMILES string of the molecule is Cc1nc(C2CCCN2C(=O)CS(=O)(=O)C2CCCC2)no1. The summed E-state index contributed by atoms with van der Waals surface area (Å²) in [4.78, 5) is 18.2. The largest absolute Gasteiger partial charge is 0.340 e. The van der Waals surface area contributed by atoms with E-state index in [9.17, 15) is 13.2 Å². The molecular weight excluding hydrogens is 306 g/mol. The third-order valence-corrected chi connectivity index (χ3v) is 6.69. The maximum atomic E-state index is 12.5. The van der Waals surface area contributed by atoms with Crippen LogP contribution >= 0.6 is 0 Å². The van der Waals surface area contributed by atoms with E-state index in [-0.39, 0.29) is 17.2 Å². The Morgan fingerprint density at radius 2 is 2.00 bits per heavy atom. The van der Waals surface area contributed by atoms with Crippen molar-refractivity contribution in [3.8, 4) is 0 Å². The van der Waals surface area contributed by atoms with Crippen molar-refractivity contribution in [1.29, 1.82) is 0 Å². The summed E-state index contributed by atoms with van der Waals surface area (Å²) in [6, 6.07) is -0.260. The van der Waals surface area contributed by atoms with Crippen LogP contribution in [0.3, 0.4) is 0 Å². The van der Waals surface area contributed by atoms with Crippen LogP contribution in [0.1, 0.15) is 56.3 Å². The molecule has 1 amide bonds. The van der Waals surface area contributed by atoms with Crippen molar-refractivity contribution in [1.82, 2.24) is 15.0 Å². The van der Waals surface area contributed by atoms with E-state index in [2.05, 4.69) is 10.1 Å². The molecule has 2 fully saturated rings. The molecule has 1 aliphatic heterocycles. The second-order valence-corrected chi connectivity index (χ2v) is 8.41. The van der Waals surface area contributed by atoms with E-state index in [1.54, 1.807) is 11.8 Å². The van der Waals surface area contributed by atoms with Gasteiger partial charge in [-0.2, -0.15) is 4.98 Å². The Hall–Kier alpha value is -1.44. The highest BCUT2D eigenvalue weighted by atomic mass is 32.2. The Kier molecular flexibility index (Phi) is 4.20. The predicted molar refractivity (Wildman–Crippen MR) is 78.8 cm³/mol. The topological polar surface area (TPSA) is 93.4 Å². The lowest BCUT2D eigenvalue weighted by atomic mass is 10.2. The molecule has 1 unspecified atom stereocenters. The second kappa shape index (κ2) is 5.98. The van der Waals surface area contributed by atoms with Crippen molar-refractivity contribution >= 4 is 15.7 Å². The van der Waals surface area contributed by atoms with Gasteiger partial charge in [-0.3, -0.25) is 4.79 Å². The van der Waals surface area contributed by atoms with Crippen LogP contribution in [0.15, 0.2) is 4.52 Å². The maximum Gasteiger partial charge on any atom is 0.238 e. The van der Waals surface area contributed by atoms with Crippen LogP contribution in [-0.2, 0) is 14.6 Å². The molecule has 1 atom stereocenters. The average Bonchev–Trinajstić information content (AvgIpc) is 3.19. The molecule has 0 bridgehead atoms. The van der Waals surface area contributed by atoms with Gasteiger partial charge in [0.25, 0.3) is 0 Å². The first-order valence-electron chi connectivity index (χ1n) is 7.78. The number of aryl methyl sites for hydroxylation is 1. The zero-order chi connectivity index (χ0) is 15.7. The molecule has 7 nitrogen and oxygen atoms in total. The molecule has 0 aromatic carbocycles. The lowest BCUT2D eigenvalue weighted by molar-refractivity contribution is -0.129. The first-order valence-corrected chi connectivity index (χ1v) is 9.50. The molecule has 2 aliphatic rings. The molecule has 0 radical (unpaired) electrons. The smallest absolute Gasteiger partial charge is 0.238 e. The second-order valence-electron chi connectivity index (χ2n) is 6.13. The fraction of sp³-hybridized carbons (Fsp3) is 0.786. The van der Waals surface area contributed by atoms with Crippen molar-refractivity contribution in [2.24, 2.45) is 0 Å². The van der Waals surface area contributed by atoms with Crippen LogP contribution in [-0.4, -0.2) is 46.9 Å². The summed E-state index contributed by atoms with van der Waals surface area (Å²) in [7, 11) is -3.35. The van der Waals surface area contributed by atoms with Gasteiger partial charge in [-0.15, -0.1) is 0 Å². The van der Waals surface area contributed by atoms with Crippen molar-refractivity contribution in [3.05, 3.63) is 11.7 Å². The number of rotatable bonds is 4. The third-order valence-electron chi connectivity index (χ3n) is 4.55. The van der Waals surface area contributed by atoms with Gasteiger partial charge in [-0.05, 0) is 25.7 Å². The van der Waals surface area contributed by atoms with Crippen LogP contribution in [0.25, 0.3) is 0 Å². The molecule has 1 aromatic rings. The fourth-order valence-corrected chi connectivity index (χ4v) is 5.20. The molecule has 1 saturated carbocycles. The molecule has 22 heavy (non-hydrogen) atoms. The number of hydrogen-bond acceptors (Lipinski definition) is 6. The average molecular weight is 327 g/mol. The van der Waals surface area contributed by atoms with Crippen molar-refractivity contribution in [2.75, 3.05) is 12.3 Å². The molecule has 1 aliphatic carbocycles. The molecular formula is C14H21N3O4S. The minimum absolute atomic E-state index is 0.260. The number of sulfone groups is 1. The predicted octanol–water partition coefficient (Wildman–Crippen LogP) is 1.40. The maximum absolute atomic E-state index is 12.5. The van der Waals surface area contributed by atoms with Gasteiger partial charge in [0, 0.05) is 13.5 Å². The first kappa shape index (κ1) is 15.5. The normalized spacial score (nSPS) is 23.3. The molecule has 1 saturated heterocycles. The molecule has 122 valence electrons. The van der Waals surface area contributed by atoms with Crippen LogP contribution in [0, 0.1) is 6.92 Å². The van der Waals surface area contributed by atoms with Crippen LogP contribution in [0.4, 0.5) is 0 Å². The van der Waals surface area contributed by atoms with Gasteiger partial charge in [0.05, 0.1) is 11.3 Å². The Morgan fingerprint density at radius 1 is 1.27 bits per heavy atom. The Bertz CT molecular complexity index is 649. The van der Waals surface area contributed by atoms with Crippen molar-refractivity contribution < 1.29 is 17.7 Å². The monoisotopic (exact) mass is 327 g/mol. The van der Waals surface area contributed by atoms with E-state index in [1.165, 1.54) is 0 Å². The summed E-state index contributed by atoms with van der Waals surface area (Å²) in [5, 5.41) is 3.53. The number of amides is 1. The number of aromatic nitrogens is 2. The zero-order valence-corrected chi connectivity index (χ0v) is 13.5. The summed E-state index contributed by atoms with van der Waals surface area (Å²) >= 11 is 0. The standard InChI is InChI=1S/C14H21N3O4S/c1-10-15-14(16-21-10)12-7-4-8-17(12)13(18)9-22(19,20)11-5-2-3-6-11/h11-12H,2-9H2,1H3. The van der Waals surface area contributed by atoms with E-state index in [4.69, 9.17) is 4.52 Å².